The minimum Gasteiger partial charge on any atom is -0.290 e. The molecule has 5 heteroatoms. The molecule has 2 aromatic rings. The summed E-state index contributed by atoms with van der Waals surface area (Å²) in [5.74, 6) is 4.50. The Morgan fingerprint density at radius 1 is 1.32 bits per heavy atom. The van der Waals surface area contributed by atoms with Crippen molar-refractivity contribution in [1.82, 2.24) is 10.4 Å². The molecule has 0 saturated heterocycles. The number of halogens is 1. The summed E-state index contributed by atoms with van der Waals surface area (Å²) in [4.78, 5) is 16.6. The molecule has 1 amide bonds. The van der Waals surface area contributed by atoms with E-state index in [4.69, 9.17) is 5.84 Å². The second-order valence-electron chi connectivity index (χ2n) is 4.75. The molecule has 98 valence electrons. The highest BCUT2D eigenvalue weighted by Gasteiger charge is 2.22. The van der Waals surface area contributed by atoms with Gasteiger partial charge in [-0.25, -0.2) is 10.2 Å². The van der Waals surface area contributed by atoms with Crippen molar-refractivity contribution in [2.24, 2.45) is 5.84 Å². The molecule has 0 unspecified atom stereocenters. The highest BCUT2D eigenvalue weighted by atomic mass is 19.1. The number of nitrogens with zero attached hydrogens (tertiary/aromatic N) is 1. The van der Waals surface area contributed by atoms with Gasteiger partial charge in [0.05, 0.1) is 11.1 Å². The summed E-state index contributed by atoms with van der Waals surface area (Å²) >= 11 is 0. The SMILES string of the molecule is NNC(=O)c1c2c(nc3ccc(F)cc13)CCCC2. The molecule has 3 N–H and O–H groups in total. The molecular weight excluding hydrogens is 245 g/mol. The number of benzene rings is 1. The summed E-state index contributed by atoms with van der Waals surface area (Å²) < 4.78 is 13.4. The zero-order valence-electron chi connectivity index (χ0n) is 10.4. The van der Waals surface area contributed by atoms with E-state index in [1.807, 2.05) is 0 Å². The van der Waals surface area contributed by atoms with Gasteiger partial charge in [0.15, 0.2) is 0 Å². The predicted molar refractivity (Wildman–Crippen MR) is 70.0 cm³/mol. The number of hydrogen-bond donors (Lipinski definition) is 2. The van der Waals surface area contributed by atoms with Gasteiger partial charge in [0.25, 0.3) is 5.91 Å². The standard InChI is InChI=1S/C14H14FN3O/c15-8-5-6-12-10(7-8)13(14(19)18-16)9-3-1-2-4-11(9)17-12/h5-7H,1-4,16H2,(H,18,19). The number of aromatic nitrogens is 1. The Bertz CT molecular complexity index is 669. The number of fused-ring (bicyclic) bond motifs is 2. The fourth-order valence-electron chi connectivity index (χ4n) is 2.73. The van der Waals surface area contributed by atoms with E-state index in [-0.39, 0.29) is 11.7 Å². The normalized spacial score (nSPS) is 14.2. The van der Waals surface area contributed by atoms with Gasteiger partial charge < -0.3 is 0 Å². The van der Waals surface area contributed by atoms with Gasteiger partial charge in [-0.15, -0.1) is 0 Å². The quantitative estimate of drug-likeness (QED) is 0.466. The van der Waals surface area contributed by atoms with E-state index in [9.17, 15) is 9.18 Å². The van der Waals surface area contributed by atoms with Gasteiger partial charge in [-0.1, -0.05) is 0 Å². The Morgan fingerprint density at radius 3 is 2.89 bits per heavy atom. The Balaban J connectivity index is 2.37. The number of hydrazine groups is 1. The highest BCUT2D eigenvalue weighted by molar-refractivity contribution is 6.07. The van der Waals surface area contributed by atoms with Gasteiger partial charge in [0, 0.05) is 11.1 Å². The number of aryl methyl sites for hydroxylation is 1. The average molecular weight is 259 g/mol. The molecular formula is C14H14FN3O. The molecule has 0 atom stereocenters. The van der Waals surface area contributed by atoms with Crippen molar-refractivity contribution in [3.63, 3.8) is 0 Å². The fourth-order valence-corrected chi connectivity index (χ4v) is 2.73. The van der Waals surface area contributed by atoms with Crippen LogP contribution in [0.5, 0.6) is 0 Å². The topological polar surface area (TPSA) is 68.0 Å². The van der Waals surface area contributed by atoms with E-state index in [1.54, 1.807) is 6.07 Å². The second kappa shape index (κ2) is 4.59. The molecule has 0 bridgehead atoms. The third-order valence-electron chi connectivity index (χ3n) is 3.58. The average Bonchev–Trinajstić information content (AvgIpc) is 2.44. The number of amides is 1. The summed E-state index contributed by atoms with van der Waals surface area (Å²) in [6, 6.07) is 4.31. The van der Waals surface area contributed by atoms with Crippen molar-refractivity contribution in [2.45, 2.75) is 25.7 Å². The number of nitrogen functional groups attached to an aromatic ring is 1. The number of pyridine rings is 1. The minimum absolute atomic E-state index is 0.379. The van der Waals surface area contributed by atoms with Crippen molar-refractivity contribution in [3.05, 3.63) is 40.8 Å². The summed E-state index contributed by atoms with van der Waals surface area (Å²) in [5, 5.41) is 0.531. The molecule has 19 heavy (non-hydrogen) atoms. The Hall–Kier alpha value is -2.01. The van der Waals surface area contributed by atoms with E-state index in [0.29, 0.717) is 16.5 Å². The smallest absolute Gasteiger partial charge is 0.266 e. The lowest BCUT2D eigenvalue weighted by Gasteiger charge is -2.19. The first kappa shape index (κ1) is 12.0. The van der Waals surface area contributed by atoms with Crippen LogP contribution >= 0.6 is 0 Å². The lowest BCUT2D eigenvalue weighted by molar-refractivity contribution is 0.0954. The maximum atomic E-state index is 13.4. The van der Waals surface area contributed by atoms with E-state index < -0.39 is 0 Å². The molecule has 0 aliphatic heterocycles. The first-order valence-corrected chi connectivity index (χ1v) is 6.32. The first-order valence-electron chi connectivity index (χ1n) is 6.32. The summed E-state index contributed by atoms with van der Waals surface area (Å²) in [7, 11) is 0. The van der Waals surface area contributed by atoms with Crippen LogP contribution < -0.4 is 11.3 Å². The van der Waals surface area contributed by atoms with E-state index in [0.717, 1.165) is 36.9 Å². The van der Waals surface area contributed by atoms with Crippen LogP contribution in [0.3, 0.4) is 0 Å². The molecule has 4 nitrogen and oxygen atoms in total. The van der Waals surface area contributed by atoms with E-state index in [1.165, 1.54) is 12.1 Å². The zero-order valence-corrected chi connectivity index (χ0v) is 10.4. The number of carbonyl (C=O) groups excluding carboxylic acids is 1. The monoisotopic (exact) mass is 259 g/mol. The fraction of sp³-hybridized carbons (Fsp3) is 0.286. The van der Waals surface area contributed by atoms with Crippen molar-refractivity contribution < 1.29 is 9.18 Å². The van der Waals surface area contributed by atoms with Crippen molar-refractivity contribution in [1.29, 1.82) is 0 Å². The number of nitrogens with two attached hydrogens (primary N) is 1. The lowest BCUT2D eigenvalue weighted by Crippen LogP contribution is -2.32. The molecule has 3 rings (SSSR count). The van der Waals surface area contributed by atoms with Crippen LogP contribution in [0, 0.1) is 5.82 Å². The molecule has 1 aromatic heterocycles. The van der Waals surface area contributed by atoms with Gasteiger partial charge in [0.1, 0.15) is 5.82 Å². The third kappa shape index (κ3) is 1.96. The van der Waals surface area contributed by atoms with E-state index in [2.05, 4.69) is 10.4 Å². The van der Waals surface area contributed by atoms with Crippen LogP contribution in [0.2, 0.25) is 0 Å². The zero-order chi connectivity index (χ0) is 13.4. The summed E-state index contributed by atoms with van der Waals surface area (Å²) in [5.41, 5.74) is 5.11. The Labute approximate surface area is 109 Å². The van der Waals surface area contributed by atoms with Crippen LogP contribution in [-0.2, 0) is 12.8 Å². The third-order valence-corrected chi connectivity index (χ3v) is 3.58. The molecule has 1 aliphatic carbocycles. The summed E-state index contributed by atoms with van der Waals surface area (Å²) in [6.07, 6.45) is 3.72. The summed E-state index contributed by atoms with van der Waals surface area (Å²) in [6.45, 7) is 0. The van der Waals surface area contributed by atoms with Gasteiger partial charge in [0.2, 0.25) is 0 Å². The minimum atomic E-state index is -0.379. The molecule has 1 aliphatic rings. The molecule has 1 heterocycles. The number of nitrogens with one attached hydrogen (secondary N) is 1. The van der Waals surface area contributed by atoms with Crippen LogP contribution in [0.25, 0.3) is 10.9 Å². The van der Waals surface area contributed by atoms with Crippen LogP contribution in [-0.4, -0.2) is 10.9 Å². The van der Waals surface area contributed by atoms with Crippen LogP contribution in [0.4, 0.5) is 4.39 Å². The largest absolute Gasteiger partial charge is 0.290 e. The number of rotatable bonds is 1. The van der Waals surface area contributed by atoms with Crippen LogP contribution in [0.15, 0.2) is 18.2 Å². The van der Waals surface area contributed by atoms with Crippen molar-refractivity contribution in [2.75, 3.05) is 0 Å². The Morgan fingerprint density at radius 2 is 2.11 bits per heavy atom. The maximum absolute atomic E-state index is 13.4. The van der Waals surface area contributed by atoms with Crippen LogP contribution in [0.1, 0.15) is 34.5 Å². The second-order valence-corrected chi connectivity index (χ2v) is 4.75. The van der Waals surface area contributed by atoms with Crippen molar-refractivity contribution in [3.8, 4) is 0 Å². The number of carbonyl (C=O) groups is 1. The van der Waals surface area contributed by atoms with Gasteiger partial charge >= 0.3 is 0 Å². The maximum Gasteiger partial charge on any atom is 0.266 e. The molecule has 0 radical (unpaired) electrons. The first-order chi connectivity index (χ1) is 9.20. The molecule has 0 fully saturated rings. The van der Waals surface area contributed by atoms with Crippen molar-refractivity contribution >= 4 is 16.8 Å². The molecule has 1 aromatic carbocycles. The molecule has 0 spiro atoms. The van der Waals surface area contributed by atoms with E-state index >= 15 is 0 Å². The predicted octanol–water partition coefficient (Wildman–Crippen LogP) is 1.86. The highest BCUT2D eigenvalue weighted by Crippen LogP contribution is 2.29. The lowest BCUT2D eigenvalue weighted by atomic mass is 9.89. The van der Waals surface area contributed by atoms with Gasteiger partial charge in [-0.2, -0.15) is 0 Å². The van der Waals surface area contributed by atoms with Gasteiger partial charge in [-0.05, 0) is 49.4 Å². The Kier molecular flexibility index (Phi) is 2.91. The van der Waals surface area contributed by atoms with Gasteiger partial charge in [-0.3, -0.25) is 15.2 Å². The number of hydrogen-bond acceptors (Lipinski definition) is 3. The molecule has 0 saturated carbocycles.